The highest BCUT2D eigenvalue weighted by Gasteiger charge is 2.36. The molecule has 0 heterocycles. The number of rotatable bonds is 6. The zero-order chi connectivity index (χ0) is 30.3. The number of nitrogens with one attached hydrogen (secondary N) is 2. The molecule has 2 aromatic rings. The quantitative estimate of drug-likeness (QED) is 0.450. The van der Waals surface area contributed by atoms with Gasteiger partial charge in [0.15, 0.2) is 0 Å². The van der Waals surface area contributed by atoms with E-state index >= 15 is 0 Å². The van der Waals surface area contributed by atoms with Crippen LogP contribution < -0.4 is 10.6 Å². The maximum atomic E-state index is 12.5. The van der Waals surface area contributed by atoms with Crippen molar-refractivity contribution in [3.8, 4) is 23.7 Å². The lowest BCUT2D eigenvalue weighted by Crippen LogP contribution is -2.39. The van der Waals surface area contributed by atoms with E-state index in [-0.39, 0.29) is 37.5 Å². The van der Waals surface area contributed by atoms with Crippen LogP contribution in [0.25, 0.3) is 0 Å². The molecule has 4 atom stereocenters. The van der Waals surface area contributed by atoms with Crippen LogP contribution in [0, 0.1) is 23.7 Å². The summed E-state index contributed by atoms with van der Waals surface area (Å²) >= 11 is 0. The van der Waals surface area contributed by atoms with E-state index in [2.05, 4.69) is 34.3 Å². The first kappa shape index (κ1) is 31.0. The number of carbonyl (C=O) groups is 2. The number of alkyl carbamates (subject to hydrolysis) is 2. The molecule has 2 amide bonds. The molecule has 0 aliphatic heterocycles. The smallest absolute Gasteiger partial charge is 0.408 e. The summed E-state index contributed by atoms with van der Waals surface area (Å²) < 4.78 is 23.0. The summed E-state index contributed by atoms with van der Waals surface area (Å²) in [5, 5.41) is 5.91. The Morgan fingerprint density at radius 3 is 1.45 bits per heavy atom. The summed E-state index contributed by atoms with van der Waals surface area (Å²) in [5.74, 6) is 11.5. The number of carbonyl (C=O) groups excluding carboxylic acids is 2. The standard InChI is InChI=1S/C34H40N2O6/c1-33(2,3)41-31(37)35-29-25-17-11-9-15-23(25)21-27(29)39-19-13-7-8-14-20-40-28-22-24-16-10-12-18-26(24)30(28)36-32(38)42-34(4,5)6/h9-12,15-18,27-30H,19-22H2,1-6H3,(H,35,37)(H,36,38)/t27-,28-,29+,30+/m1/s1. The minimum Gasteiger partial charge on any atom is -0.444 e. The van der Waals surface area contributed by atoms with Crippen LogP contribution in [0.3, 0.4) is 0 Å². The van der Waals surface area contributed by atoms with Gasteiger partial charge in [0, 0.05) is 12.8 Å². The van der Waals surface area contributed by atoms with Crippen LogP contribution in [-0.4, -0.2) is 48.8 Å². The van der Waals surface area contributed by atoms with Crippen molar-refractivity contribution in [3.63, 3.8) is 0 Å². The first-order valence-electron chi connectivity index (χ1n) is 14.2. The number of fused-ring (bicyclic) bond motifs is 2. The topological polar surface area (TPSA) is 95.1 Å². The average Bonchev–Trinajstić information content (AvgIpc) is 3.41. The van der Waals surface area contributed by atoms with E-state index in [1.54, 1.807) is 0 Å². The van der Waals surface area contributed by atoms with Crippen molar-refractivity contribution >= 4 is 12.2 Å². The van der Waals surface area contributed by atoms with E-state index in [0.717, 1.165) is 22.3 Å². The molecule has 2 aliphatic carbocycles. The lowest BCUT2D eigenvalue weighted by Gasteiger charge is -2.25. The van der Waals surface area contributed by atoms with Crippen molar-refractivity contribution in [1.29, 1.82) is 0 Å². The molecule has 0 bridgehead atoms. The molecule has 2 aliphatic rings. The molecule has 0 aromatic heterocycles. The fourth-order valence-electron chi connectivity index (χ4n) is 5.10. The third kappa shape index (κ3) is 8.76. The SMILES string of the molecule is CC(C)(C)OC(=O)N[C@H]1c2ccccc2C[C@H]1OCC#CC#CCO[C@@H]1Cc2ccccc2[C@@H]1NC(=O)OC(C)(C)C. The van der Waals surface area contributed by atoms with Crippen molar-refractivity contribution in [3.05, 3.63) is 70.8 Å². The van der Waals surface area contributed by atoms with Gasteiger partial charge in [-0.1, -0.05) is 60.4 Å². The monoisotopic (exact) mass is 572 g/mol. The summed E-state index contributed by atoms with van der Waals surface area (Å²) in [5.41, 5.74) is 3.11. The van der Waals surface area contributed by atoms with Gasteiger partial charge in [-0.2, -0.15) is 0 Å². The summed E-state index contributed by atoms with van der Waals surface area (Å²) in [6, 6.07) is 15.3. The van der Waals surface area contributed by atoms with Crippen molar-refractivity contribution in [2.24, 2.45) is 0 Å². The maximum absolute atomic E-state index is 12.5. The predicted octanol–water partition coefficient (Wildman–Crippen LogP) is 5.41. The van der Waals surface area contributed by atoms with Crippen molar-refractivity contribution in [2.75, 3.05) is 13.2 Å². The van der Waals surface area contributed by atoms with E-state index in [1.165, 1.54) is 0 Å². The normalized spacial score (nSPS) is 20.6. The zero-order valence-corrected chi connectivity index (χ0v) is 25.2. The Morgan fingerprint density at radius 2 is 1.07 bits per heavy atom. The average molecular weight is 573 g/mol. The molecule has 2 N–H and O–H groups in total. The molecule has 0 saturated carbocycles. The lowest BCUT2D eigenvalue weighted by atomic mass is 10.1. The van der Waals surface area contributed by atoms with Gasteiger partial charge < -0.3 is 29.6 Å². The van der Waals surface area contributed by atoms with Crippen LogP contribution in [0.4, 0.5) is 9.59 Å². The van der Waals surface area contributed by atoms with Gasteiger partial charge in [-0.3, -0.25) is 0 Å². The molecule has 0 fully saturated rings. The molecular weight excluding hydrogens is 532 g/mol. The molecule has 4 rings (SSSR count). The molecule has 222 valence electrons. The highest BCUT2D eigenvalue weighted by atomic mass is 16.6. The summed E-state index contributed by atoms with van der Waals surface area (Å²) in [7, 11) is 0. The third-order valence-corrected chi connectivity index (χ3v) is 6.69. The van der Waals surface area contributed by atoms with E-state index in [4.69, 9.17) is 18.9 Å². The summed E-state index contributed by atoms with van der Waals surface area (Å²) in [6.45, 7) is 11.3. The van der Waals surface area contributed by atoms with Crippen LogP contribution >= 0.6 is 0 Å². The molecule has 0 unspecified atom stereocenters. The van der Waals surface area contributed by atoms with E-state index < -0.39 is 23.4 Å². The van der Waals surface area contributed by atoms with Crippen LogP contribution in [-0.2, 0) is 31.8 Å². The highest BCUT2D eigenvalue weighted by molar-refractivity contribution is 5.69. The second-order valence-corrected chi connectivity index (χ2v) is 12.4. The Hall–Kier alpha value is -3.98. The fraction of sp³-hybridized carbons (Fsp3) is 0.471. The molecule has 0 spiro atoms. The van der Waals surface area contributed by atoms with Crippen LogP contribution in [0.1, 0.15) is 75.9 Å². The van der Waals surface area contributed by atoms with Gasteiger partial charge in [0.2, 0.25) is 0 Å². The van der Waals surface area contributed by atoms with Crippen LogP contribution in [0.15, 0.2) is 48.5 Å². The van der Waals surface area contributed by atoms with Crippen molar-refractivity contribution in [1.82, 2.24) is 10.6 Å². The number of ether oxygens (including phenoxy) is 4. The molecular formula is C34H40N2O6. The number of benzene rings is 2. The molecule has 0 saturated heterocycles. The number of amides is 2. The van der Waals surface area contributed by atoms with Gasteiger partial charge in [0.1, 0.15) is 24.4 Å². The van der Waals surface area contributed by atoms with Crippen molar-refractivity contribution < 1.29 is 28.5 Å². The van der Waals surface area contributed by atoms with E-state index in [0.29, 0.717) is 12.8 Å². The molecule has 42 heavy (non-hydrogen) atoms. The number of hydrogen-bond donors (Lipinski definition) is 2. The molecule has 8 heteroatoms. The molecule has 8 nitrogen and oxygen atoms in total. The second kappa shape index (κ2) is 13.3. The predicted molar refractivity (Wildman–Crippen MR) is 160 cm³/mol. The third-order valence-electron chi connectivity index (χ3n) is 6.69. The van der Waals surface area contributed by atoms with Gasteiger partial charge in [0.05, 0.1) is 24.3 Å². The Kier molecular flexibility index (Phi) is 9.83. The summed E-state index contributed by atoms with van der Waals surface area (Å²) in [6.07, 6.45) is -0.162. The van der Waals surface area contributed by atoms with Gasteiger partial charge in [-0.05, 0) is 75.6 Å². The van der Waals surface area contributed by atoms with Gasteiger partial charge in [-0.25, -0.2) is 9.59 Å². The Bertz CT molecular complexity index is 1290. The number of hydrogen-bond acceptors (Lipinski definition) is 6. The Labute approximate surface area is 248 Å². The molecule has 0 radical (unpaired) electrons. The largest absolute Gasteiger partial charge is 0.444 e. The maximum Gasteiger partial charge on any atom is 0.408 e. The second-order valence-electron chi connectivity index (χ2n) is 12.4. The van der Waals surface area contributed by atoms with Gasteiger partial charge >= 0.3 is 12.2 Å². The van der Waals surface area contributed by atoms with Gasteiger partial charge in [0.25, 0.3) is 0 Å². The van der Waals surface area contributed by atoms with Gasteiger partial charge in [-0.15, -0.1) is 0 Å². The van der Waals surface area contributed by atoms with E-state index in [1.807, 2.05) is 90.1 Å². The van der Waals surface area contributed by atoms with Crippen molar-refractivity contribution in [2.45, 2.75) is 89.9 Å². The van der Waals surface area contributed by atoms with E-state index in [9.17, 15) is 9.59 Å². The summed E-state index contributed by atoms with van der Waals surface area (Å²) in [4.78, 5) is 24.9. The minimum atomic E-state index is -0.594. The first-order chi connectivity index (χ1) is 19.9. The molecule has 2 aromatic carbocycles. The first-order valence-corrected chi connectivity index (χ1v) is 14.2. The Balaban J connectivity index is 1.28. The fourth-order valence-corrected chi connectivity index (χ4v) is 5.10. The Morgan fingerprint density at radius 1 is 0.690 bits per heavy atom. The lowest BCUT2D eigenvalue weighted by molar-refractivity contribution is 0.0299. The minimum absolute atomic E-state index is 0.167. The van der Waals surface area contributed by atoms with Crippen LogP contribution in [0.2, 0.25) is 0 Å². The van der Waals surface area contributed by atoms with Crippen LogP contribution in [0.5, 0.6) is 0 Å². The zero-order valence-electron chi connectivity index (χ0n) is 25.2. The highest BCUT2D eigenvalue weighted by Crippen LogP contribution is 2.34.